The number of ether oxygens (including phenoxy) is 1. The number of likely N-dealkylation sites (tertiary alicyclic amines) is 1. The minimum atomic E-state index is -0.927. The predicted octanol–water partition coefficient (Wildman–Crippen LogP) is 1.57. The van der Waals surface area contributed by atoms with Gasteiger partial charge < -0.3 is 14.7 Å². The molecule has 0 radical (unpaired) electrons. The molecule has 0 bridgehead atoms. The smallest absolute Gasteiger partial charge is 0.238 e. The van der Waals surface area contributed by atoms with Crippen molar-refractivity contribution in [3.05, 3.63) is 18.1 Å². The minimum absolute atomic E-state index is 0.433. The Morgan fingerprint density at radius 1 is 1.26 bits per heavy atom. The fraction of sp³-hybridized carbons (Fsp3) is 0.714. The average molecular weight is 265 g/mol. The molecule has 1 saturated heterocycles. The standard InChI is InChI=1S/C14H23N3O2/c1-11(2)17-9-4-5-14(18,6-10-17)12-13(19-3)16-8-7-15-12/h7-8,11,18H,4-6,9-10H2,1-3H3. The van der Waals surface area contributed by atoms with Crippen molar-refractivity contribution in [2.75, 3.05) is 20.2 Å². The van der Waals surface area contributed by atoms with E-state index >= 15 is 0 Å². The highest BCUT2D eigenvalue weighted by atomic mass is 16.5. The van der Waals surface area contributed by atoms with Gasteiger partial charge in [-0.15, -0.1) is 0 Å². The maximum Gasteiger partial charge on any atom is 0.238 e. The molecule has 0 spiro atoms. The Bertz CT molecular complexity index is 425. The fourth-order valence-electron chi connectivity index (χ4n) is 2.69. The topological polar surface area (TPSA) is 58.5 Å². The van der Waals surface area contributed by atoms with E-state index < -0.39 is 5.60 Å². The first-order chi connectivity index (χ1) is 9.07. The molecule has 2 rings (SSSR count). The first kappa shape index (κ1) is 14.2. The monoisotopic (exact) mass is 265 g/mol. The van der Waals surface area contributed by atoms with Gasteiger partial charge in [-0.1, -0.05) is 0 Å². The third-order valence-corrected chi connectivity index (χ3v) is 3.88. The summed E-state index contributed by atoms with van der Waals surface area (Å²) in [6.45, 7) is 6.26. The molecule has 0 aliphatic carbocycles. The van der Waals surface area contributed by atoms with Crippen LogP contribution >= 0.6 is 0 Å². The van der Waals surface area contributed by atoms with Gasteiger partial charge in [0.15, 0.2) is 0 Å². The first-order valence-electron chi connectivity index (χ1n) is 6.89. The van der Waals surface area contributed by atoms with Crippen molar-refractivity contribution in [2.24, 2.45) is 0 Å². The second-order valence-corrected chi connectivity index (χ2v) is 5.43. The van der Waals surface area contributed by atoms with Crippen LogP contribution in [-0.2, 0) is 5.60 Å². The minimum Gasteiger partial charge on any atom is -0.480 e. The Hall–Kier alpha value is -1.20. The average Bonchev–Trinajstić information content (AvgIpc) is 2.62. The number of rotatable bonds is 3. The number of hydrogen-bond donors (Lipinski definition) is 1. The molecular weight excluding hydrogens is 242 g/mol. The summed E-state index contributed by atoms with van der Waals surface area (Å²) < 4.78 is 5.23. The van der Waals surface area contributed by atoms with Crippen LogP contribution in [0.25, 0.3) is 0 Å². The van der Waals surface area contributed by atoms with Crippen molar-refractivity contribution in [2.45, 2.75) is 44.8 Å². The Labute approximate surface area is 114 Å². The summed E-state index contributed by atoms with van der Waals surface area (Å²) in [5, 5.41) is 10.9. The van der Waals surface area contributed by atoms with Crippen molar-refractivity contribution in [3.63, 3.8) is 0 Å². The molecule has 2 heterocycles. The lowest BCUT2D eigenvalue weighted by Crippen LogP contribution is -2.34. The van der Waals surface area contributed by atoms with E-state index in [0.717, 1.165) is 19.5 Å². The van der Waals surface area contributed by atoms with E-state index in [-0.39, 0.29) is 0 Å². The quantitative estimate of drug-likeness (QED) is 0.899. The lowest BCUT2D eigenvalue weighted by atomic mass is 9.91. The highest BCUT2D eigenvalue weighted by Crippen LogP contribution is 2.35. The predicted molar refractivity (Wildman–Crippen MR) is 73.0 cm³/mol. The molecule has 106 valence electrons. The van der Waals surface area contributed by atoms with Crippen LogP contribution in [0.5, 0.6) is 5.88 Å². The third-order valence-electron chi connectivity index (χ3n) is 3.88. The van der Waals surface area contributed by atoms with E-state index in [0.29, 0.717) is 30.5 Å². The summed E-state index contributed by atoms with van der Waals surface area (Å²) in [5.74, 6) is 0.433. The zero-order chi connectivity index (χ0) is 13.9. The largest absolute Gasteiger partial charge is 0.480 e. The van der Waals surface area contributed by atoms with Gasteiger partial charge in [0.05, 0.1) is 7.11 Å². The van der Waals surface area contributed by atoms with Crippen LogP contribution in [0.2, 0.25) is 0 Å². The van der Waals surface area contributed by atoms with E-state index in [9.17, 15) is 5.11 Å². The molecule has 0 saturated carbocycles. The van der Waals surface area contributed by atoms with Gasteiger partial charge in [0.2, 0.25) is 5.88 Å². The maximum absolute atomic E-state index is 10.9. The highest BCUT2D eigenvalue weighted by molar-refractivity contribution is 5.24. The van der Waals surface area contributed by atoms with Crippen LogP contribution in [0.3, 0.4) is 0 Å². The summed E-state index contributed by atoms with van der Waals surface area (Å²) in [6.07, 6.45) is 5.52. The lowest BCUT2D eigenvalue weighted by Gasteiger charge is -2.28. The summed E-state index contributed by atoms with van der Waals surface area (Å²) in [7, 11) is 1.56. The van der Waals surface area contributed by atoms with Crippen LogP contribution in [-0.4, -0.2) is 46.2 Å². The van der Waals surface area contributed by atoms with Gasteiger partial charge in [0, 0.05) is 25.0 Å². The van der Waals surface area contributed by atoms with Crippen molar-refractivity contribution < 1.29 is 9.84 Å². The van der Waals surface area contributed by atoms with Gasteiger partial charge in [-0.25, -0.2) is 4.98 Å². The van der Waals surface area contributed by atoms with Gasteiger partial charge in [-0.3, -0.25) is 4.98 Å². The molecule has 0 amide bonds. The molecule has 1 fully saturated rings. The van der Waals surface area contributed by atoms with E-state index in [1.54, 1.807) is 19.5 Å². The van der Waals surface area contributed by atoms with Gasteiger partial charge in [-0.2, -0.15) is 0 Å². The van der Waals surface area contributed by atoms with E-state index in [1.165, 1.54) is 0 Å². The van der Waals surface area contributed by atoms with Gasteiger partial charge in [0.1, 0.15) is 11.3 Å². The van der Waals surface area contributed by atoms with Crippen LogP contribution in [0.15, 0.2) is 12.4 Å². The Balaban J connectivity index is 2.22. The van der Waals surface area contributed by atoms with E-state index in [2.05, 4.69) is 28.7 Å². The van der Waals surface area contributed by atoms with Crippen molar-refractivity contribution in [1.29, 1.82) is 0 Å². The van der Waals surface area contributed by atoms with E-state index in [1.807, 2.05) is 0 Å². The third kappa shape index (κ3) is 3.04. The van der Waals surface area contributed by atoms with Crippen LogP contribution in [0, 0.1) is 0 Å². The second-order valence-electron chi connectivity index (χ2n) is 5.43. The van der Waals surface area contributed by atoms with Crippen LogP contribution < -0.4 is 4.74 Å². The summed E-state index contributed by atoms with van der Waals surface area (Å²) in [4.78, 5) is 10.8. The molecule has 5 nitrogen and oxygen atoms in total. The molecule has 1 aliphatic rings. The lowest BCUT2D eigenvalue weighted by molar-refractivity contribution is 0.0132. The highest BCUT2D eigenvalue weighted by Gasteiger charge is 2.36. The van der Waals surface area contributed by atoms with Crippen molar-refractivity contribution in [1.82, 2.24) is 14.9 Å². The van der Waals surface area contributed by atoms with Crippen LogP contribution in [0.4, 0.5) is 0 Å². The molecule has 1 unspecified atom stereocenters. The Kier molecular flexibility index (Phi) is 4.37. The zero-order valence-corrected chi connectivity index (χ0v) is 12.0. The molecular formula is C14H23N3O2. The van der Waals surface area contributed by atoms with Gasteiger partial charge >= 0.3 is 0 Å². The van der Waals surface area contributed by atoms with Crippen molar-refractivity contribution in [3.8, 4) is 5.88 Å². The second kappa shape index (κ2) is 5.84. The van der Waals surface area contributed by atoms with Crippen molar-refractivity contribution >= 4 is 0 Å². The number of hydrogen-bond acceptors (Lipinski definition) is 5. The Morgan fingerprint density at radius 3 is 2.68 bits per heavy atom. The summed E-state index contributed by atoms with van der Waals surface area (Å²) in [6, 6.07) is 0.506. The summed E-state index contributed by atoms with van der Waals surface area (Å²) in [5.41, 5.74) is -0.355. The molecule has 5 heteroatoms. The number of aromatic nitrogens is 2. The SMILES string of the molecule is COc1nccnc1C1(O)CCCN(C(C)C)CC1. The molecule has 19 heavy (non-hydrogen) atoms. The molecule has 1 N–H and O–H groups in total. The molecule has 0 aromatic carbocycles. The van der Waals surface area contributed by atoms with Gasteiger partial charge in [0.25, 0.3) is 0 Å². The molecule has 1 aliphatic heterocycles. The number of methoxy groups -OCH3 is 1. The molecule has 1 aromatic rings. The fourth-order valence-corrected chi connectivity index (χ4v) is 2.69. The van der Waals surface area contributed by atoms with E-state index in [4.69, 9.17) is 4.74 Å². The summed E-state index contributed by atoms with van der Waals surface area (Å²) >= 11 is 0. The normalized spacial score (nSPS) is 25.3. The maximum atomic E-state index is 10.9. The molecule has 1 atom stereocenters. The zero-order valence-electron chi connectivity index (χ0n) is 12.0. The van der Waals surface area contributed by atoms with Gasteiger partial charge in [-0.05, 0) is 39.7 Å². The number of aliphatic hydroxyl groups is 1. The Morgan fingerprint density at radius 2 is 2.00 bits per heavy atom. The number of nitrogens with zero attached hydrogens (tertiary/aromatic N) is 3. The molecule has 1 aromatic heterocycles. The first-order valence-corrected chi connectivity index (χ1v) is 6.89. The van der Waals surface area contributed by atoms with Crippen LogP contribution in [0.1, 0.15) is 38.8 Å².